The molecule has 0 spiro atoms. The number of hydrogen-bond acceptors (Lipinski definition) is 4. The van der Waals surface area contributed by atoms with Crippen molar-refractivity contribution in [2.24, 2.45) is 0 Å². The van der Waals surface area contributed by atoms with E-state index in [0.717, 1.165) is 35.7 Å². The Bertz CT molecular complexity index is 7970. The Morgan fingerprint density at radius 3 is 0.557 bits per heavy atom. The van der Waals surface area contributed by atoms with Crippen molar-refractivity contribution in [1.82, 2.24) is 0 Å². The zero-order valence-corrected chi connectivity index (χ0v) is 76.1. The van der Waals surface area contributed by atoms with Crippen LogP contribution in [0.1, 0.15) is 0 Å². The van der Waals surface area contributed by atoms with Gasteiger partial charge < -0.3 is 20.1 Å². The van der Waals surface area contributed by atoms with E-state index in [9.17, 15) is 10.0 Å². The van der Waals surface area contributed by atoms with E-state index in [0.29, 0.717) is 10.9 Å². The maximum atomic E-state index is 9.18. The molecule has 0 atom stereocenters. The first-order chi connectivity index (χ1) is 64.2. The highest BCUT2D eigenvalue weighted by Gasteiger charge is 2.16. The second-order valence-corrected chi connectivity index (χ2v) is 35.4. The lowest BCUT2D eigenvalue weighted by Crippen LogP contribution is -2.29. The molecule has 131 heavy (non-hydrogen) atoms. The number of hydrogen-bond donors (Lipinski definition) is 4. The highest BCUT2D eigenvalue weighted by molar-refractivity contribution is 9.11. The minimum Gasteiger partial charge on any atom is -0.423 e. The van der Waals surface area contributed by atoms with E-state index in [2.05, 4.69) is 472 Å². The third-order valence-corrected chi connectivity index (χ3v) is 25.9. The largest absolute Gasteiger partial charge is 0.488 e. The van der Waals surface area contributed by atoms with E-state index in [1.54, 1.807) is 24.3 Å². The first kappa shape index (κ1) is 86.0. The van der Waals surface area contributed by atoms with Crippen molar-refractivity contribution >= 4 is 159 Å². The molecule has 0 aliphatic carbocycles. The summed E-state index contributed by atoms with van der Waals surface area (Å²) in [4.78, 5) is 0. The van der Waals surface area contributed by atoms with Gasteiger partial charge in [0.25, 0.3) is 0 Å². The molecule has 23 aromatic carbocycles. The van der Waals surface area contributed by atoms with Crippen LogP contribution >= 0.6 is 47.8 Å². The van der Waals surface area contributed by atoms with Crippen LogP contribution < -0.4 is 10.9 Å². The fourth-order valence-electron chi connectivity index (χ4n) is 17.3. The smallest absolute Gasteiger partial charge is 0.423 e. The molecule has 0 aromatic heterocycles. The molecule has 23 rings (SSSR count). The Morgan fingerprint density at radius 1 is 0.130 bits per heavy atom. The van der Waals surface area contributed by atoms with Crippen LogP contribution in [0.3, 0.4) is 0 Å². The topological polar surface area (TPSA) is 80.9 Å². The van der Waals surface area contributed by atoms with Crippen molar-refractivity contribution in [3.05, 3.63) is 505 Å². The molecule has 0 unspecified atom stereocenters. The van der Waals surface area contributed by atoms with Gasteiger partial charge in [-0.2, -0.15) is 0 Å². The summed E-state index contributed by atoms with van der Waals surface area (Å²) in [7, 11) is -2.84. The second-order valence-electron chi connectivity index (χ2n) is 32.7. The monoisotopic (exact) mass is 1870 g/mol. The van der Waals surface area contributed by atoms with Gasteiger partial charge in [0.15, 0.2) is 0 Å². The minimum atomic E-state index is -1.43. The van der Waals surface area contributed by atoms with E-state index >= 15 is 0 Å². The van der Waals surface area contributed by atoms with Gasteiger partial charge in [-0.1, -0.05) is 472 Å². The van der Waals surface area contributed by atoms with E-state index in [1.165, 1.54) is 175 Å². The lowest BCUT2D eigenvalue weighted by Gasteiger charge is -2.10. The maximum Gasteiger partial charge on any atom is 0.488 e. The van der Waals surface area contributed by atoms with Crippen LogP contribution in [0.25, 0.3) is 197 Å². The van der Waals surface area contributed by atoms with Crippen LogP contribution in [-0.4, -0.2) is 34.3 Å². The van der Waals surface area contributed by atoms with Crippen LogP contribution in [-0.2, 0) is 0 Å². The second kappa shape index (κ2) is 39.7. The highest BCUT2D eigenvalue weighted by Crippen LogP contribution is 2.39. The van der Waals surface area contributed by atoms with Gasteiger partial charge in [0.1, 0.15) is 0 Å². The first-order valence-electron chi connectivity index (χ1n) is 43.7. The van der Waals surface area contributed by atoms with Crippen LogP contribution in [0.4, 0.5) is 0 Å². The zero-order chi connectivity index (χ0) is 89.1. The number of halogens is 3. The Hall–Kier alpha value is -14.5. The lowest BCUT2D eigenvalue weighted by molar-refractivity contribution is 0.424. The fourth-order valence-corrected chi connectivity index (χ4v) is 18.4. The van der Waals surface area contributed by atoms with Crippen LogP contribution in [0.2, 0.25) is 0 Å². The SMILES string of the molecule is Brc1ccc2cc(-c3ccc(-c4cccc5ccccc45)cc3)ccc2c1.Brc1ccc2cc(Br)ccc2c1.OB(O)c1ccc(-c2ccc(-c3ccc4ccccc4c3)cc2)cc1.OB(O)c1ccc(-c2cccc3ccccc23)cc1.c1ccc2cc(-c3ccc(-c4ccc(-c5ccc6cc(-c7ccc(-c8cccc9ccccc89)cc7)ccc6c5)cc4)cc3)ccc2c1. The van der Waals surface area contributed by atoms with Crippen LogP contribution in [0.15, 0.2) is 505 Å². The summed E-state index contributed by atoms with van der Waals surface area (Å²) in [6, 6.07) is 173. The summed E-state index contributed by atoms with van der Waals surface area (Å²) in [5, 5.41) is 56.7. The third-order valence-electron chi connectivity index (χ3n) is 24.4. The van der Waals surface area contributed by atoms with Crippen molar-refractivity contribution < 1.29 is 20.1 Å². The molecule has 0 saturated carbocycles. The Labute approximate surface area is 788 Å². The van der Waals surface area contributed by atoms with Crippen molar-refractivity contribution in [2.45, 2.75) is 0 Å². The van der Waals surface area contributed by atoms with Gasteiger partial charge >= 0.3 is 14.2 Å². The van der Waals surface area contributed by atoms with Gasteiger partial charge in [0.2, 0.25) is 0 Å². The van der Waals surface area contributed by atoms with Crippen molar-refractivity contribution in [1.29, 1.82) is 0 Å². The molecule has 0 heterocycles. The Balaban J connectivity index is 0.000000114. The molecule has 0 radical (unpaired) electrons. The Kier molecular flexibility index (Phi) is 26.0. The summed E-state index contributed by atoms with van der Waals surface area (Å²) < 4.78 is 3.36. The number of fused-ring (bicyclic) bond motifs is 8. The van der Waals surface area contributed by atoms with E-state index in [4.69, 9.17) is 10.0 Å². The van der Waals surface area contributed by atoms with Gasteiger partial charge in [-0.05, 0) is 275 Å². The molecule has 4 nitrogen and oxygen atoms in total. The molecule has 0 aliphatic heterocycles. The predicted molar refractivity (Wildman–Crippen MR) is 569 cm³/mol. The molecule has 9 heteroatoms. The van der Waals surface area contributed by atoms with Gasteiger partial charge in [-0.15, -0.1) is 0 Å². The average Bonchev–Trinajstić information content (AvgIpc) is 0.797. The summed E-state index contributed by atoms with van der Waals surface area (Å²) in [6.07, 6.45) is 0. The predicted octanol–water partition coefficient (Wildman–Crippen LogP) is 32.0. The minimum absolute atomic E-state index is 0.497. The van der Waals surface area contributed by atoms with Crippen LogP contribution in [0.5, 0.6) is 0 Å². The van der Waals surface area contributed by atoms with E-state index in [-0.39, 0.29) is 0 Å². The summed E-state index contributed by atoms with van der Waals surface area (Å²) >= 11 is 10.4. The molecule has 4 N–H and O–H groups in total. The Morgan fingerprint density at radius 2 is 0.298 bits per heavy atom. The zero-order valence-electron chi connectivity index (χ0n) is 71.3. The first-order valence-corrected chi connectivity index (χ1v) is 46.1. The van der Waals surface area contributed by atoms with Crippen molar-refractivity contribution in [3.8, 4) is 111 Å². The van der Waals surface area contributed by atoms with Crippen molar-refractivity contribution in [2.75, 3.05) is 0 Å². The molecule has 0 amide bonds. The fraction of sp³-hybridized carbons (Fsp3) is 0. The summed E-state index contributed by atoms with van der Waals surface area (Å²) in [5.74, 6) is 0. The highest BCUT2D eigenvalue weighted by atomic mass is 79.9. The maximum absolute atomic E-state index is 9.18. The van der Waals surface area contributed by atoms with E-state index < -0.39 is 14.2 Å². The summed E-state index contributed by atoms with van der Waals surface area (Å²) in [6.45, 7) is 0. The standard InChI is InChI=1S/C48H32.C26H17Br.C22H17BO2.C16H13BO2.C10H6Br2/c1-2-8-41-30-42(25-22-33(41)6-1)36-16-12-34(13-17-36)35-14-18-37(19-15-35)43-26-28-46-32-44(27-29-45(46)31-43)38-20-23-40(24-21-38)48-11-5-9-39-7-3-4-10-47(39)48;27-24-15-14-22-16-21(12-13-23(22)17-24)18-8-10-20(11-9-18)26-7-3-5-19-4-1-2-6-25(19)26;24-23(25)22-13-11-18(12-14-22)17-5-7-19(8-6-17)21-10-9-16-3-1-2-4-20(16)15-21;18-17(19)14-10-8-13(9-11-14)16-7-3-5-12-4-1-2-6-15(12)16;11-9-3-1-7-5-10(12)4-2-8(7)6-9/h1-32H;1-17H;1-15,24-25H;1-11,18-19H;1-6H. The molecular formula is C122H85B2Br3O4. The van der Waals surface area contributed by atoms with Gasteiger partial charge in [-0.3, -0.25) is 0 Å². The summed E-state index contributed by atoms with van der Waals surface area (Å²) in [5.41, 5.74) is 25.1. The van der Waals surface area contributed by atoms with Gasteiger partial charge in [-0.25, -0.2) is 0 Å². The molecule has 23 aromatic rings. The number of rotatable bonds is 12. The number of benzene rings is 23. The molecule has 0 saturated heterocycles. The van der Waals surface area contributed by atoms with Gasteiger partial charge in [0.05, 0.1) is 0 Å². The lowest BCUT2D eigenvalue weighted by atomic mass is 9.79. The molecule has 0 fully saturated rings. The van der Waals surface area contributed by atoms with E-state index in [1.807, 2.05) is 42.5 Å². The normalized spacial score (nSPS) is 11.0. The van der Waals surface area contributed by atoms with Crippen LogP contribution in [0, 0.1) is 0 Å². The quantitative estimate of drug-likeness (QED) is 0.0919. The van der Waals surface area contributed by atoms with Gasteiger partial charge in [0, 0.05) is 13.4 Å². The third kappa shape index (κ3) is 20.1. The molecular weight excluding hydrogens is 1790 g/mol. The molecule has 0 bridgehead atoms. The van der Waals surface area contributed by atoms with Crippen molar-refractivity contribution in [3.63, 3.8) is 0 Å². The molecule has 0 aliphatic rings. The molecule has 624 valence electrons. The average molecular weight is 1880 g/mol.